The maximum absolute atomic E-state index is 5.19. The highest BCUT2D eigenvalue weighted by Crippen LogP contribution is 2.37. The first kappa shape index (κ1) is 27.5. The van der Waals surface area contributed by atoms with Gasteiger partial charge in [-0.3, -0.25) is 0 Å². The highest BCUT2D eigenvalue weighted by Gasteiger charge is 2.17. The van der Waals surface area contributed by atoms with Crippen molar-refractivity contribution in [1.82, 2.24) is 9.97 Å². The molecule has 0 amide bonds. The van der Waals surface area contributed by atoms with E-state index in [2.05, 4.69) is 134 Å². The van der Waals surface area contributed by atoms with E-state index in [1.54, 1.807) is 0 Å². The number of allylic oxidation sites excluding steroid dienone is 9. The predicted octanol–water partition coefficient (Wildman–Crippen LogP) is 11.4. The Labute approximate surface area is 265 Å². The van der Waals surface area contributed by atoms with Gasteiger partial charge in [-0.15, -0.1) is 0 Å². The van der Waals surface area contributed by atoms with Gasteiger partial charge in [0.25, 0.3) is 0 Å². The standard InChI is InChI=1S/C43H36N2/c1-2-5-14-30(13-4-1)34-18-12-19-36(27-34)42-29-41(32-15-6-3-7-16-32)44-43(45-42)33-25-23-31(24-26-33)40-28-35-17-8-9-20-37(35)38-21-10-11-22-39(38)40/h3-4,6-7,9-11,13-16,19-29H,1-2,5,8,12,17-18H2. The molecule has 0 atom stereocenters. The van der Waals surface area contributed by atoms with Gasteiger partial charge in [0.1, 0.15) is 0 Å². The van der Waals surface area contributed by atoms with Crippen LogP contribution in [0.15, 0.2) is 139 Å². The van der Waals surface area contributed by atoms with Crippen LogP contribution in [0.25, 0.3) is 56.2 Å². The molecule has 0 spiro atoms. The molecule has 8 rings (SSSR count). The minimum absolute atomic E-state index is 0.758. The fraction of sp³-hybridized carbons (Fsp3) is 0.163. The zero-order valence-corrected chi connectivity index (χ0v) is 25.5. The number of fused-ring (bicyclic) bond motifs is 3. The number of nitrogens with zero attached hydrogens (tertiary/aromatic N) is 2. The molecular formula is C43H36N2. The van der Waals surface area contributed by atoms with Gasteiger partial charge >= 0.3 is 0 Å². The maximum Gasteiger partial charge on any atom is 0.160 e. The molecule has 2 nitrogen and oxygen atoms in total. The van der Waals surface area contributed by atoms with E-state index in [1.807, 2.05) is 0 Å². The van der Waals surface area contributed by atoms with Crippen molar-refractivity contribution in [1.29, 1.82) is 0 Å². The van der Waals surface area contributed by atoms with Crippen molar-refractivity contribution in [2.45, 2.75) is 44.9 Å². The molecule has 5 aromatic rings. The lowest BCUT2D eigenvalue weighted by molar-refractivity contribution is 0.873. The summed E-state index contributed by atoms with van der Waals surface area (Å²) in [5.74, 6) is 0.758. The summed E-state index contributed by atoms with van der Waals surface area (Å²) in [6, 6.07) is 32.7. The SMILES string of the molecule is C1=CC(C2=CC(c3cc(-c4ccccc4)nc(-c4ccc(-c5cc6c(c7ccccc57)C=CCC6)cc4)n3)=CCC2)=CCCC1. The summed E-state index contributed by atoms with van der Waals surface area (Å²) in [5, 5.41) is 2.63. The summed E-state index contributed by atoms with van der Waals surface area (Å²) in [4.78, 5) is 10.3. The van der Waals surface area contributed by atoms with Gasteiger partial charge in [0.2, 0.25) is 0 Å². The van der Waals surface area contributed by atoms with E-state index >= 15 is 0 Å². The van der Waals surface area contributed by atoms with Crippen molar-refractivity contribution < 1.29 is 0 Å². The van der Waals surface area contributed by atoms with E-state index in [4.69, 9.17) is 9.97 Å². The van der Waals surface area contributed by atoms with Crippen molar-refractivity contribution in [3.63, 3.8) is 0 Å². The predicted molar refractivity (Wildman–Crippen MR) is 190 cm³/mol. The zero-order chi connectivity index (χ0) is 30.0. The molecule has 0 fully saturated rings. The summed E-state index contributed by atoms with van der Waals surface area (Å²) in [6.07, 6.45) is 24.1. The van der Waals surface area contributed by atoms with Gasteiger partial charge in [-0.25, -0.2) is 9.97 Å². The first-order valence-corrected chi connectivity index (χ1v) is 16.3. The van der Waals surface area contributed by atoms with E-state index in [0.717, 1.165) is 66.9 Å². The van der Waals surface area contributed by atoms with Gasteiger partial charge in [0, 0.05) is 11.1 Å². The molecule has 3 aliphatic carbocycles. The van der Waals surface area contributed by atoms with E-state index in [1.165, 1.54) is 56.2 Å². The highest BCUT2D eigenvalue weighted by atomic mass is 14.9. The van der Waals surface area contributed by atoms with Crippen LogP contribution >= 0.6 is 0 Å². The van der Waals surface area contributed by atoms with Crippen molar-refractivity contribution in [2.24, 2.45) is 0 Å². The third kappa shape index (κ3) is 5.53. The van der Waals surface area contributed by atoms with Crippen molar-refractivity contribution >= 4 is 22.4 Å². The second-order valence-electron chi connectivity index (χ2n) is 12.2. The maximum atomic E-state index is 5.19. The van der Waals surface area contributed by atoms with Crippen LogP contribution in [0, 0.1) is 0 Å². The Morgan fingerprint density at radius 1 is 0.533 bits per heavy atom. The second kappa shape index (κ2) is 12.1. The molecule has 3 aliphatic rings. The Bertz CT molecular complexity index is 2050. The lowest BCUT2D eigenvalue weighted by Crippen LogP contribution is -2.01. The molecule has 0 radical (unpaired) electrons. The Balaban J connectivity index is 1.20. The minimum Gasteiger partial charge on any atom is -0.228 e. The molecule has 2 heteroatoms. The quantitative estimate of drug-likeness (QED) is 0.207. The average molecular weight is 581 g/mol. The Hall–Kier alpha value is -5.08. The van der Waals surface area contributed by atoms with Crippen LogP contribution < -0.4 is 0 Å². The number of rotatable bonds is 5. The van der Waals surface area contributed by atoms with Crippen molar-refractivity contribution in [2.75, 3.05) is 0 Å². The molecular weight excluding hydrogens is 544 g/mol. The van der Waals surface area contributed by atoms with Crippen LogP contribution in [0.5, 0.6) is 0 Å². The molecule has 0 aliphatic heterocycles. The summed E-state index contributed by atoms with van der Waals surface area (Å²) in [5.41, 5.74) is 13.3. The van der Waals surface area contributed by atoms with Gasteiger partial charge in [0.15, 0.2) is 5.82 Å². The van der Waals surface area contributed by atoms with Crippen molar-refractivity contribution in [3.8, 4) is 33.8 Å². The first-order valence-electron chi connectivity index (χ1n) is 16.3. The fourth-order valence-corrected chi connectivity index (χ4v) is 6.94. The molecule has 4 aromatic carbocycles. The smallest absolute Gasteiger partial charge is 0.160 e. The molecule has 0 N–H and O–H groups in total. The summed E-state index contributed by atoms with van der Waals surface area (Å²) in [6.45, 7) is 0. The Morgan fingerprint density at radius 3 is 2.18 bits per heavy atom. The topological polar surface area (TPSA) is 25.8 Å². The van der Waals surface area contributed by atoms with Gasteiger partial charge in [-0.1, -0.05) is 115 Å². The monoisotopic (exact) mass is 580 g/mol. The van der Waals surface area contributed by atoms with Gasteiger partial charge in [-0.05, 0) is 113 Å². The summed E-state index contributed by atoms with van der Waals surface area (Å²) < 4.78 is 0. The van der Waals surface area contributed by atoms with Crippen LogP contribution in [-0.2, 0) is 6.42 Å². The largest absolute Gasteiger partial charge is 0.228 e. The Kier molecular flexibility index (Phi) is 7.40. The summed E-state index contributed by atoms with van der Waals surface area (Å²) in [7, 11) is 0. The minimum atomic E-state index is 0.758. The molecule has 218 valence electrons. The Morgan fingerprint density at radius 2 is 1.29 bits per heavy atom. The normalized spacial score (nSPS) is 16.0. The van der Waals surface area contributed by atoms with Crippen LogP contribution in [0.1, 0.15) is 55.3 Å². The van der Waals surface area contributed by atoms with Crippen LogP contribution in [0.4, 0.5) is 0 Å². The highest BCUT2D eigenvalue weighted by molar-refractivity contribution is 6.02. The van der Waals surface area contributed by atoms with Gasteiger partial charge < -0.3 is 0 Å². The fourth-order valence-electron chi connectivity index (χ4n) is 6.94. The van der Waals surface area contributed by atoms with E-state index in [9.17, 15) is 0 Å². The van der Waals surface area contributed by atoms with E-state index in [-0.39, 0.29) is 0 Å². The zero-order valence-electron chi connectivity index (χ0n) is 25.5. The van der Waals surface area contributed by atoms with Gasteiger partial charge in [0.05, 0.1) is 11.4 Å². The van der Waals surface area contributed by atoms with E-state index < -0.39 is 0 Å². The van der Waals surface area contributed by atoms with Crippen LogP contribution in [0.3, 0.4) is 0 Å². The first-order chi connectivity index (χ1) is 22.3. The molecule has 0 unspecified atom stereocenters. The third-order valence-corrected chi connectivity index (χ3v) is 9.30. The molecule has 1 heterocycles. The lowest BCUT2D eigenvalue weighted by Gasteiger charge is -2.18. The van der Waals surface area contributed by atoms with Gasteiger partial charge in [-0.2, -0.15) is 0 Å². The molecule has 0 saturated carbocycles. The number of hydrogen-bond donors (Lipinski definition) is 0. The lowest BCUT2D eigenvalue weighted by atomic mass is 9.87. The average Bonchev–Trinajstić information content (AvgIpc) is 3.42. The molecule has 45 heavy (non-hydrogen) atoms. The van der Waals surface area contributed by atoms with Crippen molar-refractivity contribution in [3.05, 3.63) is 155 Å². The summed E-state index contributed by atoms with van der Waals surface area (Å²) >= 11 is 0. The number of aryl methyl sites for hydroxylation is 1. The molecule has 1 aromatic heterocycles. The molecule has 0 saturated heterocycles. The third-order valence-electron chi connectivity index (χ3n) is 9.30. The number of hydrogen-bond acceptors (Lipinski definition) is 2. The molecule has 0 bridgehead atoms. The second-order valence-corrected chi connectivity index (χ2v) is 12.2. The van der Waals surface area contributed by atoms with E-state index in [0.29, 0.717) is 0 Å². The van der Waals surface area contributed by atoms with Crippen LogP contribution in [-0.4, -0.2) is 9.97 Å². The van der Waals surface area contributed by atoms with Crippen LogP contribution in [0.2, 0.25) is 0 Å². The number of benzene rings is 4. The number of aromatic nitrogens is 2.